The quantitative estimate of drug-likeness (QED) is 0.769. The van der Waals surface area contributed by atoms with Crippen LogP contribution in [0.4, 0.5) is 5.69 Å². The molecule has 1 fully saturated rings. The molecule has 0 unspecified atom stereocenters. The number of anilines is 1. The summed E-state index contributed by atoms with van der Waals surface area (Å²) >= 11 is 3.47. The number of rotatable bonds is 5. The van der Waals surface area contributed by atoms with Crippen LogP contribution in [-0.4, -0.2) is 60.9 Å². The molecule has 0 saturated carbocycles. The normalized spacial score (nSPS) is 15.4. The third-order valence-corrected chi connectivity index (χ3v) is 5.44. The van der Waals surface area contributed by atoms with Gasteiger partial charge in [0.1, 0.15) is 0 Å². The van der Waals surface area contributed by atoms with Gasteiger partial charge in [-0.1, -0.05) is 22.9 Å². The Labute approximate surface area is 152 Å². The van der Waals surface area contributed by atoms with E-state index in [1.54, 1.807) is 11.8 Å². The molecule has 0 spiro atoms. The third kappa shape index (κ3) is 4.80. The zero-order chi connectivity index (χ0) is 17.7. The number of nitrogens with zero attached hydrogens (tertiary/aromatic N) is 3. The highest BCUT2D eigenvalue weighted by molar-refractivity contribution is 9.10. The molecule has 1 heterocycles. The van der Waals surface area contributed by atoms with E-state index < -0.39 is 0 Å². The molecule has 1 aromatic rings. The van der Waals surface area contributed by atoms with Gasteiger partial charge in [0, 0.05) is 56.2 Å². The number of likely N-dealkylation sites (N-methyl/N-ethyl adjacent to an activating group) is 1. The van der Waals surface area contributed by atoms with Crippen LogP contribution in [0.15, 0.2) is 22.7 Å². The van der Waals surface area contributed by atoms with Gasteiger partial charge in [0.15, 0.2) is 0 Å². The minimum atomic E-state index is -0.0414. The first-order valence-electron chi connectivity index (χ1n) is 8.46. The van der Waals surface area contributed by atoms with Crippen molar-refractivity contribution in [2.24, 2.45) is 0 Å². The smallest absolute Gasteiger partial charge is 0.224 e. The standard InChI is InChI=1S/C18H26BrN3O2/c1-4-20-9-11-21(12-10-20)18(24)7-8-22(15(3)23)16-5-6-17(19)14(2)13-16/h5-6,13H,4,7-12H2,1-3H3. The van der Waals surface area contributed by atoms with Crippen molar-refractivity contribution in [2.75, 3.05) is 44.2 Å². The Bertz CT molecular complexity index is 598. The number of amides is 2. The first-order valence-corrected chi connectivity index (χ1v) is 9.26. The molecule has 5 nitrogen and oxygen atoms in total. The number of hydrogen-bond donors (Lipinski definition) is 0. The molecule has 1 aliphatic rings. The van der Waals surface area contributed by atoms with Crippen molar-refractivity contribution < 1.29 is 9.59 Å². The molecule has 6 heteroatoms. The molecule has 1 saturated heterocycles. The summed E-state index contributed by atoms with van der Waals surface area (Å²) < 4.78 is 1.01. The SMILES string of the molecule is CCN1CCN(C(=O)CCN(C(C)=O)c2ccc(Br)c(C)c2)CC1. The average molecular weight is 396 g/mol. The van der Waals surface area contributed by atoms with Gasteiger partial charge in [-0.2, -0.15) is 0 Å². The zero-order valence-corrected chi connectivity index (χ0v) is 16.3. The number of aryl methyl sites for hydroxylation is 1. The van der Waals surface area contributed by atoms with Gasteiger partial charge in [0.05, 0.1) is 0 Å². The molecule has 0 bridgehead atoms. The van der Waals surface area contributed by atoms with E-state index in [0.29, 0.717) is 13.0 Å². The molecular weight excluding hydrogens is 370 g/mol. The molecule has 2 rings (SSSR count). The maximum absolute atomic E-state index is 12.4. The van der Waals surface area contributed by atoms with Crippen LogP contribution in [0.1, 0.15) is 25.8 Å². The van der Waals surface area contributed by atoms with E-state index >= 15 is 0 Å². The van der Waals surface area contributed by atoms with Crippen molar-refractivity contribution in [3.63, 3.8) is 0 Å². The van der Waals surface area contributed by atoms with E-state index in [9.17, 15) is 9.59 Å². The number of carbonyl (C=O) groups excluding carboxylic acids is 2. The molecule has 1 aliphatic heterocycles. The summed E-state index contributed by atoms with van der Waals surface area (Å²) in [7, 11) is 0. The fourth-order valence-electron chi connectivity index (χ4n) is 2.94. The topological polar surface area (TPSA) is 43.9 Å². The van der Waals surface area contributed by atoms with Gasteiger partial charge in [-0.3, -0.25) is 9.59 Å². The lowest BCUT2D eigenvalue weighted by molar-refractivity contribution is -0.132. The van der Waals surface area contributed by atoms with Crippen molar-refractivity contribution in [1.82, 2.24) is 9.80 Å². The minimum Gasteiger partial charge on any atom is -0.340 e. The summed E-state index contributed by atoms with van der Waals surface area (Å²) in [6.45, 7) is 10.6. The monoisotopic (exact) mass is 395 g/mol. The molecule has 0 radical (unpaired) electrons. The zero-order valence-electron chi connectivity index (χ0n) is 14.7. The molecule has 24 heavy (non-hydrogen) atoms. The minimum absolute atomic E-state index is 0.0414. The Morgan fingerprint density at radius 2 is 1.88 bits per heavy atom. The van der Waals surface area contributed by atoms with Crippen LogP contribution in [0.5, 0.6) is 0 Å². The van der Waals surface area contributed by atoms with Crippen molar-refractivity contribution in [1.29, 1.82) is 0 Å². The van der Waals surface area contributed by atoms with E-state index in [-0.39, 0.29) is 11.8 Å². The van der Waals surface area contributed by atoms with E-state index in [2.05, 4.69) is 27.8 Å². The van der Waals surface area contributed by atoms with Crippen LogP contribution in [0.3, 0.4) is 0 Å². The average Bonchev–Trinajstić information content (AvgIpc) is 2.57. The summed E-state index contributed by atoms with van der Waals surface area (Å²) in [6, 6.07) is 5.81. The van der Waals surface area contributed by atoms with Crippen molar-refractivity contribution in [3.05, 3.63) is 28.2 Å². The second-order valence-electron chi connectivity index (χ2n) is 6.17. The number of halogens is 1. The highest BCUT2D eigenvalue weighted by Crippen LogP contribution is 2.23. The molecule has 2 amide bonds. The molecule has 0 aliphatic carbocycles. The Balaban J connectivity index is 1.95. The molecule has 0 atom stereocenters. The van der Waals surface area contributed by atoms with Gasteiger partial charge in [0.25, 0.3) is 0 Å². The largest absolute Gasteiger partial charge is 0.340 e. The molecule has 132 valence electrons. The van der Waals surface area contributed by atoms with Crippen LogP contribution in [0.2, 0.25) is 0 Å². The summed E-state index contributed by atoms with van der Waals surface area (Å²) in [5.74, 6) is 0.0890. The third-order valence-electron chi connectivity index (χ3n) is 4.55. The molecule has 1 aromatic carbocycles. The first kappa shape index (κ1) is 18.9. The molecule has 0 aromatic heterocycles. The Morgan fingerprint density at radius 3 is 2.42 bits per heavy atom. The lowest BCUT2D eigenvalue weighted by atomic mass is 10.2. The highest BCUT2D eigenvalue weighted by atomic mass is 79.9. The Morgan fingerprint density at radius 1 is 1.21 bits per heavy atom. The summed E-state index contributed by atoms with van der Waals surface area (Å²) in [4.78, 5) is 30.4. The lowest BCUT2D eigenvalue weighted by Gasteiger charge is -2.34. The van der Waals surface area contributed by atoms with Crippen molar-refractivity contribution in [3.8, 4) is 0 Å². The van der Waals surface area contributed by atoms with Gasteiger partial charge in [-0.25, -0.2) is 0 Å². The Hall–Kier alpha value is -1.40. The second kappa shape index (κ2) is 8.62. The van der Waals surface area contributed by atoms with Crippen LogP contribution in [-0.2, 0) is 9.59 Å². The fraction of sp³-hybridized carbons (Fsp3) is 0.556. The Kier molecular flexibility index (Phi) is 6.80. The summed E-state index contributed by atoms with van der Waals surface area (Å²) in [5.41, 5.74) is 1.91. The lowest BCUT2D eigenvalue weighted by Crippen LogP contribution is -2.49. The fourth-order valence-corrected chi connectivity index (χ4v) is 3.19. The van der Waals surface area contributed by atoms with Gasteiger partial charge in [-0.15, -0.1) is 0 Å². The van der Waals surface area contributed by atoms with Gasteiger partial charge < -0.3 is 14.7 Å². The predicted molar refractivity (Wildman–Crippen MR) is 100 cm³/mol. The van der Waals surface area contributed by atoms with Crippen molar-refractivity contribution >= 4 is 33.4 Å². The van der Waals surface area contributed by atoms with Gasteiger partial charge in [0.2, 0.25) is 11.8 Å². The number of carbonyl (C=O) groups is 2. The maximum Gasteiger partial charge on any atom is 0.224 e. The van der Waals surface area contributed by atoms with Crippen LogP contribution in [0.25, 0.3) is 0 Å². The first-order chi connectivity index (χ1) is 11.4. The number of benzene rings is 1. The highest BCUT2D eigenvalue weighted by Gasteiger charge is 2.21. The van der Waals surface area contributed by atoms with Crippen LogP contribution in [0, 0.1) is 6.92 Å². The summed E-state index contributed by atoms with van der Waals surface area (Å²) in [5, 5.41) is 0. The predicted octanol–water partition coefficient (Wildman–Crippen LogP) is 2.66. The summed E-state index contributed by atoms with van der Waals surface area (Å²) in [6.07, 6.45) is 0.362. The second-order valence-corrected chi connectivity index (χ2v) is 7.02. The number of piperazine rings is 1. The molecule has 0 N–H and O–H groups in total. The van der Waals surface area contributed by atoms with E-state index in [0.717, 1.165) is 48.4 Å². The maximum atomic E-state index is 12.4. The molecular formula is C18H26BrN3O2. The van der Waals surface area contributed by atoms with Crippen LogP contribution >= 0.6 is 15.9 Å². The van der Waals surface area contributed by atoms with E-state index in [4.69, 9.17) is 0 Å². The van der Waals surface area contributed by atoms with Crippen molar-refractivity contribution in [2.45, 2.75) is 27.2 Å². The van der Waals surface area contributed by atoms with Crippen LogP contribution < -0.4 is 4.90 Å². The van der Waals surface area contributed by atoms with Gasteiger partial charge in [-0.05, 0) is 37.2 Å². The van der Waals surface area contributed by atoms with E-state index in [1.165, 1.54) is 0 Å². The van der Waals surface area contributed by atoms with Gasteiger partial charge >= 0.3 is 0 Å². The van der Waals surface area contributed by atoms with E-state index in [1.807, 2.05) is 30.0 Å². The number of hydrogen-bond acceptors (Lipinski definition) is 3.